The van der Waals surface area contributed by atoms with E-state index in [9.17, 15) is 5.11 Å². The van der Waals surface area contributed by atoms with E-state index < -0.39 is 0 Å². The molecule has 2 atom stereocenters. The lowest BCUT2D eigenvalue weighted by atomic mass is 9.93. The van der Waals surface area contributed by atoms with E-state index >= 15 is 0 Å². The molecule has 0 saturated carbocycles. The molecule has 1 aliphatic rings. The van der Waals surface area contributed by atoms with Gasteiger partial charge in [0.15, 0.2) is 0 Å². The molecule has 2 unspecified atom stereocenters. The van der Waals surface area contributed by atoms with Gasteiger partial charge in [0.25, 0.3) is 0 Å². The minimum Gasteiger partial charge on any atom is -0.508 e. The summed E-state index contributed by atoms with van der Waals surface area (Å²) in [5.41, 5.74) is 8.18. The standard InChI is InChI=1S/C15H15NO2/c16-13-9-15(10-4-3-5-11(17)8-10)18-14-7-2-1-6-12(13)14/h1-8,13,15,17H,9,16H2. The van der Waals surface area contributed by atoms with Crippen molar-refractivity contribution < 1.29 is 9.84 Å². The van der Waals surface area contributed by atoms with Crippen molar-refractivity contribution in [1.82, 2.24) is 0 Å². The number of aromatic hydroxyl groups is 1. The summed E-state index contributed by atoms with van der Waals surface area (Å²) in [6.07, 6.45) is 0.627. The zero-order valence-electron chi connectivity index (χ0n) is 9.91. The monoisotopic (exact) mass is 241 g/mol. The number of hydrogen-bond donors (Lipinski definition) is 2. The SMILES string of the molecule is NC1CC(c2cccc(O)c2)Oc2ccccc21. The zero-order chi connectivity index (χ0) is 12.5. The van der Waals surface area contributed by atoms with E-state index in [1.807, 2.05) is 36.4 Å². The van der Waals surface area contributed by atoms with Crippen molar-refractivity contribution in [2.24, 2.45) is 5.73 Å². The molecule has 0 amide bonds. The third kappa shape index (κ3) is 1.93. The summed E-state index contributed by atoms with van der Waals surface area (Å²) in [5.74, 6) is 1.09. The van der Waals surface area contributed by atoms with Crippen LogP contribution >= 0.6 is 0 Å². The molecule has 2 aromatic carbocycles. The quantitative estimate of drug-likeness (QED) is 0.807. The molecule has 3 N–H and O–H groups in total. The zero-order valence-corrected chi connectivity index (χ0v) is 9.91. The van der Waals surface area contributed by atoms with Gasteiger partial charge in [-0.3, -0.25) is 0 Å². The van der Waals surface area contributed by atoms with Crippen LogP contribution in [0.3, 0.4) is 0 Å². The molecule has 0 saturated heterocycles. The predicted molar refractivity (Wildman–Crippen MR) is 69.5 cm³/mol. The first-order chi connectivity index (χ1) is 8.74. The number of phenols is 1. The Bertz CT molecular complexity index is 568. The summed E-state index contributed by atoms with van der Waals surface area (Å²) in [4.78, 5) is 0. The molecule has 0 fully saturated rings. The highest BCUT2D eigenvalue weighted by Gasteiger charge is 2.26. The molecule has 3 rings (SSSR count). The van der Waals surface area contributed by atoms with E-state index in [-0.39, 0.29) is 17.9 Å². The van der Waals surface area contributed by atoms with Gasteiger partial charge in [-0.05, 0) is 23.8 Å². The molecule has 0 radical (unpaired) electrons. The normalized spacial score (nSPS) is 22.1. The minimum absolute atomic E-state index is 0.0256. The van der Waals surface area contributed by atoms with E-state index in [0.29, 0.717) is 0 Å². The highest BCUT2D eigenvalue weighted by molar-refractivity contribution is 5.39. The Morgan fingerprint density at radius 2 is 1.94 bits per heavy atom. The Labute approximate surface area is 106 Å². The maximum Gasteiger partial charge on any atom is 0.126 e. The summed E-state index contributed by atoms with van der Waals surface area (Å²) >= 11 is 0. The summed E-state index contributed by atoms with van der Waals surface area (Å²) < 4.78 is 5.95. The maximum atomic E-state index is 9.52. The van der Waals surface area contributed by atoms with Crippen LogP contribution in [0.4, 0.5) is 0 Å². The third-order valence-electron chi connectivity index (χ3n) is 3.30. The number of para-hydroxylation sites is 1. The van der Waals surface area contributed by atoms with Gasteiger partial charge in [-0.25, -0.2) is 0 Å². The Balaban J connectivity index is 1.94. The number of benzene rings is 2. The van der Waals surface area contributed by atoms with Gasteiger partial charge in [-0.1, -0.05) is 30.3 Å². The molecular weight excluding hydrogens is 226 g/mol. The van der Waals surface area contributed by atoms with Gasteiger partial charge < -0.3 is 15.6 Å². The van der Waals surface area contributed by atoms with E-state index in [4.69, 9.17) is 10.5 Å². The Hall–Kier alpha value is -2.00. The van der Waals surface area contributed by atoms with Crippen LogP contribution in [0, 0.1) is 0 Å². The van der Waals surface area contributed by atoms with Gasteiger partial charge >= 0.3 is 0 Å². The van der Waals surface area contributed by atoms with Crippen LogP contribution in [-0.2, 0) is 0 Å². The first kappa shape index (κ1) is 11.1. The smallest absolute Gasteiger partial charge is 0.126 e. The van der Waals surface area contributed by atoms with Gasteiger partial charge in [-0.15, -0.1) is 0 Å². The van der Waals surface area contributed by atoms with Crippen LogP contribution in [0.25, 0.3) is 0 Å². The van der Waals surface area contributed by atoms with Crippen molar-refractivity contribution in [3.05, 3.63) is 59.7 Å². The summed E-state index contributed by atoms with van der Waals surface area (Å²) in [6.45, 7) is 0. The fraction of sp³-hybridized carbons (Fsp3) is 0.200. The number of phenolic OH excluding ortho intramolecular Hbond substituents is 1. The first-order valence-corrected chi connectivity index (χ1v) is 6.04. The molecule has 1 aliphatic heterocycles. The topological polar surface area (TPSA) is 55.5 Å². The van der Waals surface area contributed by atoms with E-state index in [2.05, 4.69) is 0 Å². The van der Waals surface area contributed by atoms with Crippen LogP contribution in [0.1, 0.15) is 29.7 Å². The highest BCUT2D eigenvalue weighted by atomic mass is 16.5. The number of nitrogens with two attached hydrogens (primary N) is 1. The van der Waals surface area contributed by atoms with Crippen molar-refractivity contribution in [1.29, 1.82) is 0 Å². The second-order valence-corrected chi connectivity index (χ2v) is 4.58. The van der Waals surface area contributed by atoms with Crippen molar-refractivity contribution in [2.45, 2.75) is 18.6 Å². The van der Waals surface area contributed by atoms with Crippen LogP contribution in [0.2, 0.25) is 0 Å². The fourth-order valence-electron chi connectivity index (χ4n) is 2.38. The number of hydrogen-bond acceptors (Lipinski definition) is 3. The molecular formula is C15H15NO2. The molecule has 18 heavy (non-hydrogen) atoms. The van der Waals surface area contributed by atoms with Crippen LogP contribution < -0.4 is 10.5 Å². The molecule has 1 heterocycles. The molecule has 0 aliphatic carbocycles. The molecule has 92 valence electrons. The second kappa shape index (κ2) is 4.35. The lowest BCUT2D eigenvalue weighted by Crippen LogP contribution is -2.23. The minimum atomic E-state index is -0.0954. The van der Waals surface area contributed by atoms with Gasteiger partial charge in [0.2, 0.25) is 0 Å². The lowest BCUT2D eigenvalue weighted by molar-refractivity contribution is 0.161. The Morgan fingerprint density at radius 3 is 2.78 bits per heavy atom. The van der Waals surface area contributed by atoms with E-state index in [0.717, 1.165) is 23.3 Å². The predicted octanol–water partition coefficient (Wildman–Crippen LogP) is 2.92. The van der Waals surface area contributed by atoms with Crippen molar-refractivity contribution in [3.8, 4) is 11.5 Å². The average molecular weight is 241 g/mol. The summed E-state index contributed by atoms with van der Waals surface area (Å²) in [6, 6.07) is 15.0. The van der Waals surface area contributed by atoms with Gasteiger partial charge in [0.1, 0.15) is 17.6 Å². The van der Waals surface area contributed by atoms with Gasteiger partial charge in [-0.2, -0.15) is 0 Å². The van der Waals surface area contributed by atoms with E-state index in [1.54, 1.807) is 12.1 Å². The van der Waals surface area contributed by atoms with Crippen LogP contribution in [0.15, 0.2) is 48.5 Å². The number of rotatable bonds is 1. The number of ether oxygens (including phenoxy) is 1. The first-order valence-electron chi connectivity index (χ1n) is 6.04. The second-order valence-electron chi connectivity index (χ2n) is 4.58. The van der Waals surface area contributed by atoms with Crippen molar-refractivity contribution in [3.63, 3.8) is 0 Å². The lowest BCUT2D eigenvalue weighted by Gasteiger charge is -2.30. The van der Waals surface area contributed by atoms with Gasteiger partial charge in [0.05, 0.1) is 0 Å². The largest absolute Gasteiger partial charge is 0.508 e. The molecule has 0 spiro atoms. The highest BCUT2D eigenvalue weighted by Crippen LogP contribution is 2.39. The molecule has 3 nitrogen and oxygen atoms in total. The molecule has 2 aromatic rings. The van der Waals surface area contributed by atoms with Crippen molar-refractivity contribution in [2.75, 3.05) is 0 Å². The Morgan fingerprint density at radius 1 is 1.11 bits per heavy atom. The Kier molecular flexibility index (Phi) is 2.68. The average Bonchev–Trinajstić information content (AvgIpc) is 2.39. The van der Waals surface area contributed by atoms with Crippen molar-refractivity contribution >= 4 is 0 Å². The van der Waals surface area contributed by atoms with Crippen LogP contribution in [0.5, 0.6) is 11.5 Å². The summed E-state index contributed by atoms with van der Waals surface area (Å²) in [5, 5.41) is 9.52. The third-order valence-corrected chi connectivity index (χ3v) is 3.30. The molecule has 3 heteroatoms. The number of fused-ring (bicyclic) bond motifs is 1. The van der Waals surface area contributed by atoms with E-state index in [1.165, 1.54) is 0 Å². The van der Waals surface area contributed by atoms with Crippen LogP contribution in [-0.4, -0.2) is 5.11 Å². The maximum absolute atomic E-state index is 9.52. The molecule has 0 bridgehead atoms. The van der Waals surface area contributed by atoms with Gasteiger partial charge in [0, 0.05) is 18.0 Å². The molecule has 0 aromatic heterocycles. The fourth-order valence-corrected chi connectivity index (χ4v) is 2.38. The summed E-state index contributed by atoms with van der Waals surface area (Å²) in [7, 11) is 0.